The molecule has 1 heterocycles. The molecule has 7 aromatic rings. The first kappa shape index (κ1) is 28.2. The third-order valence-electron chi connectivity index (χ3n) is 7.77. The standard InChI is InChI=1S/C41H32N2OS/c1-44-37-28-22-31(23-29-37)39-38(30-14-6-2-7-15-30)40(32-16-8-3-9-17-32)45-41(39)43(35-20-12-5-13-21-35)36-26-24-34(25-27-36)42-33-18-10-4-11-19-33/h2-29,42H,1H3. The highest BCUT2D eigenvalue weighted by molar-refractivity contribution is 7.21. The third kappa shape index (κ3) is 5.97. The van der Waals surface area contributed by atoms with Crippen molar-refractivity contribution in [2.45, 2.75) is 0 Å². The van der Waals surface area contributed by atoms with Crippen molar-refractivity contribution >= 4 is 39.1 Å². The van der Waals surface area contributed by atoms with Crippen molar-refractivity contribution in [1.82, 2.24) is 0 Å². The first-order valence-electron chi connectivity index (χ1n) is 15.0. The number of ether oxygens (including phenoxy) is 1. The molecule has 4 heteroatoms. The van der Waals surface area contributed by atoms with Crippen LogP contribution in [0, 0.1) is 0 Å². The number of hydrogen-bond donors (Lipinski definition) is 1. The van der Waals surface area contributed by atoms with Crippen LogP contribution in [0.4, 0.5) is 27.8 Å². The maximum absolute atomic E-state index is 5.55. The number of para-hydroxylation sites is 2. The highest BCUT2D eigenvalue weighted by Gasteiger charge is 2.27. The minimum absolute atomic E-state index is 0.835. The summed E-state index contributed by atoms with van der Waals surface area (Å²) < 4.78 is 5.55. The van der Waals surface area contributed by atoms with Crippen molar-refractivity contribution in [3.63, 3.8) is 0 Å². The van der Waals surface area contributed by atoms with E-state index in [1.54, 1.807) is 7.11 Å². The SMILES string of the molecule is COc1ccc(-c2c(N(c3ccccc3)c3ccc(Nc4ccccc4)cc3)sc(-c3ccccc3)c2-c2ccccc2)cc1. The molecule has 0 bridgehead atoms. The summed E-state index contributed by atoms with van der Waals surface area (Å²) in [7, 11) is 1.71. The molecule has 0 aliphatic heterocycles. The molecule has 3 nitrogen and oxygen atoms in total. The largest absolute Gasteiger partial charge is 0.497 e. The molecule has 6 aromatic carbocycles. The second-order valence-corrected chi connectivity index (χ2v) is 11.7. The van der Waals surface area contributed by atoms with Crippen LogP contribution in [0.2, 0.25) is 0 Å². The maximum atomic E-state index is 5.55. The van der Waals surface area contributed by atoms with E-state index in [0.29, 0.717) is 0 Å². The molecule has 0 aliphatic rings. The number of thiophene rings is 1. The number of nitrogens with zero attached hydrogens (tertiary/aromatic N) is 1. The minimum atomic E-state index is 0.835. The Hall–Kier alpha value is -5.58. The number of hydrogen-bond acceptors (Lipinski definition) is 4. The molecule has 0 spiro atoms. The van der Waals surface area contributed by atoms with Crippen molar-refractivity contribution in [2.75, 3.05) is 17.3 Å². The summed E-state index contributed by atoms with van der Waals surface area (Å²) in [5.74, 6) is 0.835. The van der Waals surface area contributed by atoms with E-state index in [-0.39, 0.29) is 0 Å². The van der Waals surface area contributed by atoms with E-state index in [1.807, 2.05) is 41.7 Å². The Morgan fingerprint density at radius 1 is 0.467 bits per heavy atom. The molecule has 218 valence electrons. The van der Waals surface area contributed by atoms with Gasteiger partial charge in [-0.25, -0.2) is 0 Å². The lowest BCUT2D eigenvalue weighted by Crippen LogP contribution is -2.09. The van der Waals surface area contributed by atoms with Crippen LogP contribution in [0.1, 0.15) is 0 Å². The molecule has 45 heavy (non-hydrogen) atoms. The van der Waals surface area contributed by atoms with Gasteiger partial charge < -0.3 is 15.0 Å². The van der Waals surface area contributed by atoms with Crippen LogP contribution >= 0.6 is 11.3 Å². The van der Waals surface area contributed by atoms with Crippen molar-refractivity contribution in [3.8, 4) is 38.4 Å². The average Bonchev–Trinajstić information content (AvgIpc) is 3.51. The first-order valence-corrected chi connectivity index (χ1v) is 15.8. The van der Waals surface area contributed by atoms with Gasteiger partial charge in [0.05, 0.1) is 7.11 Å². The zero-order valence-corrected chi connectivity index (χ0v) is 25.7. The van der Waals surface area contributed by atoms with E-state index in [9.17, 15) is 0 Å². The Bertz CT molecular complexity index is 1970. The zero-order chi connectivity index (χ0) is 30.4. The molecule has 0 unspecified atom stereocenters. The molecule has 1 N–H and O–H groups in total. The summed E-state index contributed by atoms with van der Waals surface area (Å²) in [6.45, 7) is 0. The second-order valence-electron chi connectivity index (χ2n) is 10.7. The van der Waals surface area contributed by atoms with Crippen LogP contribution in [-0.4, -0.2) is 7.11 Å². The number of nitrogens with one attached hydrogen (secondary N) is 1. The normalized spacial score (nSPS) is 10.8. The van der Waals surface area contributed by atoms with Gasteiger partial charge in [-0.2, -0.15) is 0 Å². The van der Waals surface area contributed by atoms with Gasteiger partial charge in [-0.1, -0.05) is 109 Å². The maximum Gasteiger partial charge on any atom is 0.118 e. The molecule has 7 rings (SSSR count). The lowest BCUT2D eigenvalue weighted by molar-refractivity contribution is 0.415. The van der Waals surface area contributed by atoms with Crippen LogP contribution in [0.25, 0.3) is 32.7 Å². The predicted molar refractivity (Wildman–Crippen MR) is 192 cm³/mol. The van der Waals surface area contributed by atoms with Gasteiger partial charge in [0.2, 0.25) is 0 Å². The molecule has 1 aromatic heterocycles. The van der Waals surface area contributed by atoms with Crippen molar-refractivity contribution < 1.29 is 4.74 Å². The van der Waals surface area contributed by atoms with Gasteiger partial charge in [0.25, 0.3) is 0 Å². The van der Waals surface area contributed by atoms with Crippen molar-refractivity contribution in [3.05, 3.63) is 170 Å². The number of benzene rings is 6. The Morgan fingerprint density at radius 2 is 0.956 bits per heavy atom. The summed E-state index contributed by atoms with van der Waals surface area (Å²) in [6, 6.07) is 59.5. The molecule has 0 fully saturated rings. The fraction of sp³-hybridized carbons (Fsp3) is 0.0244. The Labute approximate surface area is 268 Å². The number of methoxy groups -OCH3 is 1. The fourth-order valence-corrected chi connectivity index (χ4v) is 7.01. The van der Waals surface area contributed by atoms with Gasteiger partial charge in [-0.15, -0.1) is 11.3 Å². The summed E-state index contributed by atoms with van der Waals surface area (Å²) in [5, 5.41) is 4.67. The summed E-state index contributed by atoms with van der Waals surface area (Å²) >= 11 is 1.82. The molecular weight excluding hydrogens is 569 g/mol. The van der Waals surface area contributed by atoms with Gasteiger partial charge in [0.1, 0.15) is 10.8 Å². The van der Waals surface area contributed by atoms with Crippen LogP contribution in [-0.2, 0) is 0 Å². The van der Waals surface area contributed by atoms with Crippen LogP contribution in [0.15, 0.2) is 170 Å². The molecule has 0 radical (unpaired) electrons. The topological polar surface area (TPSA) is 24.5 Å². The minimum Gasteiger partial charge on any atom is -0.497 e. The Morgan fingerprint density at radius 3 is 1.56 bits per heavy atom. The predicted octanol–water partition coefficient (Wildman–Crippen LogP) is 12.0. The van der Waals surface area contributed by atoms with E-state index in [4.69, 9.17) is 4.74 Å². The average molecular weight is 601 g/mol. The van der Waals surface area contributed by atoms with E-state index in [1.165, 1.54) is 27.1 Å². The Kier molecular flexibility index (Phi) is 8.13. The van der Waals surface area contributed by atoms with Gasteiger partial charge in [-0.05, 0) is 77.4 Å². The monoisotopic (exact) mass is 600 g/mol. The summed E-state index contributed by atoms with van der Waals surface area (Å²) in [4.78, 5) is 3.61. The molecule has 0 saturated carbocycles. The van der Waals surface area contributed by atoms with Gasteiger partial charge in [-0.3, -0.25) is 0 Å². The number of anilines is 5. The molecule has 0 atom stereocenters. The molecular formula is C41H32N2OS. The van der Waals surface area contributed by atoms with Crippen molar-refractivity contribution in [1.29, 1.82) is 0 Å². The molecule has 0 amide bonds. The quantitative estimate of drug-likeness (QED) is 0.178. The van der Waals surface area contributed by atoms with E-state index in [2.05, 4.69) is 150 Å². The van der Waals surface area contributed by atoms with E-state index < -0.39 is 0 Å². The lowest BCUT2D eigenvalue weighted by atomic mass is 9.93. The summed E-state index contributed by atoms with van der Waals surface area (Å²) in [6.07, 6.45) is 0. The Balaban J connectivity index is 1.47. The van der Waals surface area contributed by atoms with Crippen molar-refractivity contribution in [2.24, 2.45) is 0 Å². The molecule has 0 saturated heterocycles. The summed E-state index contributed by atoms with van der Waals surface area (Å²) in [5.41, 5.74) is 10.2. The third-order valence-corrected chi connectivity index (χ3v) is 9.00. The smallest absolute Gasteiger partial charge is 0.118 e. The van der Waals surface area contributed by atoms with Crippen LogP contribution < -0.4 is 15.0 Å². The highest BCUT2D eigenvalue weighted by atomic mass is 32.1. The molecule has 0 aliphatic carbocycles. The first-order chi connectivity index (χ1) is 22.3. The fourth-order valence-electron chi connectivity index (χ4n) is 5.62. The van der Waals surface area contributed by atoms with E-state index in [0.717, 1.165) is 39.1 Å². The van der Waals surface area contributed by atoms with E-state index >= 15 is 0 Å². The van der Waals surface area contributed by atoms with Gasteiger partial charge in [0.15, 0.2) is 0 Å². The van der Waals surface area contributed by atoms with Crippen LogP contribution in [0.3, 0.4) is 0 Å². The highest BCUT2D eigenvalue weighted by Crippen LogP contribution is 2.55. The van der Waals surface area contributed by atoms with Gasteiger partial charge >= 0.3 is 0 Å². The van der Waals surface area contributed by atoms with Crippen LogP contribution in [0.5, 0.6) is 5.75 Å². The zero-order valence-electron chi connectivity index (χ0n) is 24.9. The number of rotatable bonds is 9. The van der Waals surface area contributed by atoms with Gasteiger partial charge in [0, 0.05) is 38.8 Å². The second kappa shape index (κ2) is 13.0. The lowest BCUT2D eigenvalue weighted by Gasteiger charge is -2.26.